The molecule has 0 amide bonds. The van der Waals surface area contributed by atoms with Gasteiger partial charge in [-0.1, -0.05) is 6.07 Å². The summed E-state index contributed by atoms with van der Waals surface area (Å²) in [5.41, 5.74) is 2.04. The number of nitrogens with zero attached hydrogens (tertiary/aromatic N) is 2. The molecule has 1 aromatic rings. The minimum absolute atomic E-state index is 0.306. The van der Waals surface area contributed by atoms with Crippen LogP contribution < -0.4 is 4.74 Å². The zero-order valence-corrected chi connectivity index (χ0v) is 11.2. The van der Waals surface area contributed by atoms with Crippen molar-refractivity contribution in [1.82, 2.24) is 9.88 Å². The molecule has 0 atom stereocenters. The van der Waals surface area contributed by atoms with Crippen LogP contribution in [-0.4, -0.2) is 36.1 Å². The number of hydrogen-bond acceptors (Lipinski definition) is 3. The Balaban J connectivity index is 1.97. The molecule has 0 N–H and O–H groups in total. The normalized spacial score (nSPS) is 18.3. The Kier molecular flexibility index (Phi) is 4.24. The predicted octanol–water partition coefficient (Wildman–Crippen LogP) is 2.60. The number of aryl methyl sites for hydroxylation is 1. The standard InChI is InChI=1S/C13H19ClN2O/c1-10-11(9-14)3-4-13(15-10)17-12-5-7-16(2)8-6-12/h3-4,12H,5-9H2,1-2H3. The number of hydrogen-bond donors (Lipinski definition) is 0. The fourth-order valence-electron chi connectivity index (χ4n) is 2.05. The average molecular weight is 255 g/mol. The van der Waals surface area contributed by atoms with Crippen LogP contribution in [0.1, 0.15) is 24.1 Å². The summed E-state index contributed by atoms with van der Waals surface area (Å²) in [4.78, 5) is 6.77. The van der Waals surface area contributed by atoms with E-state index in [1.54, 1.807) is 0 Å². The summed E-state index contributed by atoms with van der Waals surface area (Å²) in [5, 5.41) is 0. The second-order valence-corrected chi connectivity index (χ2v) is 4.92. The lowest BCUT2D eigenvalue weighted by atomic mass is 10.1. The molecule has 0 aromatic carbocycles. The second-order valence-electron chi connectivity index (χ2n) is 4.65. The molecule has 3 nitrogen and oxygen atoms in total. The van der Waals surface area contributed by atoms with Crippen LogP contribution in [0.25, 0.3) is 0 Å². The maximum atomic E-state index is 5.90. The van der Waals surface area contributed by atoms with Gasteiger partial charge in [-0.2, -0.15) is 0 Å². The molecule has 4 heteroatoms. The van der Waals surface area contributed by atoms with Gasteiger partial charge in [0.1, 0.15) is 6.10 Å². The maximum absolute atomic E-state index is 5.90. The van der Waals surface area contributed by atoms with Crippen LogP contribution in [-0.2, 0) is 5.88 Å². The van der Waals surface area contributed by atoms with Crippen LogP contribution in [0.4, 0.5) is 0 Å². The van der Waals surface area contributed by atoms with Crippen LogP contribution >= 0.6 is 11.6 Å². The monoisotopic (exact) mass is 254 g/mol. The molecule has 2 rings (SSSR count). The van der Waals surface area contributed by atoms with E-state index >= 15 is 0 Å². The molecule has 0 radical (unpaired) electrons. The zero-order chi connectivity index (χ0) is 12.3. The first kappa shape index (κ1) is 12.7. The second kappa shape index (κ2) is 5.69. The summed E-state index contributed by atoms with van der Waals surface area (Å²) in [6, 6.07) is 3.92. The Bertz CT molecular complexity index is 376. The Morgan fingerprint density at radius 2 is 2.12 bits per heavy atom. The van der Waals surface area contributed by atoms with Gasteiger partial charge in [-0.15, -0.1) is 11.6 Å². The van der Waals surface area contributed by atoms with E-state index in [2.05, 4.69) is 16.9 Å². The van der Waals surface area contributed by atoms with E-state index in [1.165, 1.54) is 0 Å². The van der Waals surface area contributed by atoms with Gasteiger partial charge in [0.15, 0.2) is 0 Å². The number of ether oxygens (including phenoxy) is 1. The number of likely N-dealkylation sites (tertiary alicyclic amines) is 1. The van der Waals surface area contributed by atoms with E-state index in [-0.39, 0.29) is 0 Å². The highest BCUT2D eigenvalue weighted by Gasteiger charge is 2.18. The van der Waals surface area contributed by atoms with Crippen molar-refractivity contribution in [2.75, 3.05) is 20.1 Å². The Morgan fingerprint density at radius 3 is 2.71 bits per heavy atom. The molecule has 17 heavy (non-hydrogen) atoms. The molecule has 94 valence electrons. The summed E-state index contributed by atoms with van der Waals surface area (Å²) >= 11 is 5.81. The Hall–Kier alpha value is -0.800. The maximum Gasteiger partial charge on any atom is 0.213 e. The van der Waals surface area contributed by atoms with Gasteiger partial charge in [0.2, 0.25) is 5.88 Å². The lowest BCUT2D eigenvalue weighted by Gasteiger charge is -2.29. The molecular weight excluding hydrogens is 236 g/mol. The van der Waals surface area contributed by atoms with Crippen molar-refractivity contribution in [3.05, 3.63) is 23.4 Å². The molecule has 1 aromatic heterocycles. The van der Waals surface area contributed by atoms with E-state index in [0.29, 0.717) is 12.0 Å². The van der Waals surface area contributed by atoms with Gasteiger partial charge >= 0.3 is 0 Å². The molecule has 1 aliphatic rings. The van der Waals surface area contributed by atoms with Crippen molar-refractivity contribution in [3.63, 3.8) is 0 Å². The largest absolute Gasteiger partial charge is 0.474 e. The highest BCUT2D eigenvalue weighted by Crippen LogP contribution is 2.19. The number of rotatable bonds is 3. The smallest absolute Gasteiger partial charge is 0.213 e. The fraction of sp³-hybridized carbons (Fsp3) is 0.615. The SMILES string of the molecule is Cc1nc(OC2CCN(C)CC2)ccc1CCl. The van der Waals surface area contributed by atoms with Crippen LogP contribution in [0.15, 0.2) is 12.1 Å². The van der Waals surface area contributed by atoms with Crippen LogP contribution in [0.2, 0.25) is 0 Å². The zero-order valence-electron chi connectivity index (χ0n) is 10.4. The quantitative estimate of drug-likeness (QED) is 0.776. The van der Waals surface area contributed by atoms with Gasteiger partial charge in [-0.25, -0.2) is 4.98 Å². The molecule has 1 fully saturated rings. The first-order chi connectivity index (χ1) is 8.19. The first-order valence-corrected chi connectivity index (χ1v) is 6.60. The summed E-state index contributed by atoms with van der Waals surface area (Å²) in [6.07, 6.45) is 2.46. The van der Waals surface area contributed by atoms with E-state index in [4.69, 9.17) is 16.3 Å². The van der Waals surface area contributed by atoms with E-state index in [0.717, 1.165) is 43.1 Å². The number of alkyl halides is 1. The topological polar surface area (TPSA) is 25.4 Å². The van der Waals surface area contributed by atoms with Crippen molar-refractivity contribution in [2.24, 2.45) is 0 Å². The minimum atomic E-state index is 0.306. The highest BCUT2D eigenvalue weighted by molar-refractivity contribution is 6.17. The van der Waals surface area contributed by atoms with Gasteiger partial charge in [-0.05, 0) is 32.4 Å². The summed E-state index contributed by atoms with van der Waals surface area (Å²) < 4.78 is 5.90. The van der Waals surface area contributed by atoms with Gasteiger partial charge < -0.3 is 9.64 Å². The van der Waals surface area contributed by atoms with Crippen molar-refractivity contribution in [1.29, 1.82) is 0 Å². The highest BCUT2D eigenvalue weighted by atomic mass is 35.5. The predicted molar refractivity (Wildman–Crippen MR) is 69.7 cm³/mol. The van der Waals surface area contributed by atoms with Crippen molar-refractivity contribution in [3.8, 4) is 5.88 Å². The first-order valence-electron chi connectivity index (χ1n) is 6.06. The third-order valence-corrected chi connectivity index (χ3v) is 3.55. The van der Waals surface area contributed by atoms with Gasteiger partial charge in [0.05, 0.1) is 0 Å². The lowest BCUT2D eigenvalue weighted by molar-refractivity contribution is 0.110. The van der Waals surface area contributed by atoms with Crippen molar-refractivity contribution >= 4 is 11.6 Å². The molecular formula is C13H19ClN2O. The third kappa shape index (κ3) is 3.33. The number of pyridine rings is 1. The molecule has 2 heterocycles. The molecule has 0 saturated carbocycles. The fourth-order valence-corrected chi connectivity index (χ4v) is 2.33. The van der Waals surface area contributed by atoms with Gasteiger partial charge in [0, 0.05) is 30.7 Å². The van der Waals surface area contributed by atoms with E-state index in [9.17, 15) is 0 Å². The Morgan fingerprint density at radius 1 is 1.41 bits per heavy atom. The summed E-state index contributed by atoms with van der Waals surface area (Å²) in [5.74, 6) is 1.23. The van der Waals surface area contributed by atoms with Crippen LogP contribution in [0.3, 0.4) is 0 Å². The van der Waals surface area contributed by atoms with Crippen LogP contribution in [0, 0.1) is 6.92 Å². The van der Waals surface area contributed by atoms with E-state index in [1.807, 2.05) is 19.1 Å². The molecule has 0 unspecified atom stereocenters. The number of piperidine rings is 1. The molecule has 0 spiro atoms. The average Bonchev–Trinajstić information content (AvgIpc) is 2.32. The van der Waals surface area contributed by atoms with Crippen LogP contribution in [0.5, 0.6) is 5.88 Å². The minimum Gasteiger partial charge on any atom is -0.474 e. The Labute approximate surface area is 108 Å². The van der Waals surface area contributed by atoms with Gasteiger partial charge in [-0.3, -0.25) is 0 Å². The third-order valence-electron chi connectivity index (χ3n) is 3.27. The summed E-state index contributed by atoms with van der Waals surface area (Å²) in [6.45, 7) is 4.17. The summed E-state index contributed by atoms with van der Waals surface area (Å²) in [7, 11) is 2.15. The molecule has 0 aliphatic carbocycles. The number of aromatic nitrogens is 1. The molecule has 0 bridgehead atoms. The molecule has 1 saturated heterocycles. The molecule has 1 aliphatic heterocycles. The van der Waals surface area contributed by atoms with Crippen molar-refractivity contribution in [2.45, 2.75) is 31.7 Å². The van der Waals surface area contributed by atoms with Crippen molar-refractivity contribution < 1.29 is 4.74 Å². The van der Waals surface area contributed by atoms with E-state index < -0.39 is 0 Å². The van der Waals surface area contributed by atoms with Gasteiger partial charge in [0.25, 0.3) is 0 Å². The lowest BCUT2D eigenvalue weighted by Crippen LogP contribution is -2.35. The number of halogens is 1.